The summed E-state index contributed by atoms with van der Waals surface area (Å²) in [5.41, 5.74) is 1.92. The number of carboxylic acids is 1. The maximum atomic E-state index is 13.1. The van der Waals surface area contributed by atoms with Crippen molar-refractivity contribution in [2.24, 2.45) is 7.05 Å². The molecule has 1 unspecified atom stereocenters. The Morgan fingerprint density at radius 3 is 2.31 bits per heavy atom. The van der Waals surface area contributed by atoms with Crippen molar-refractivity contribution in [3.05, 3.63) is 58.4 Å². The summed E-state index contributed by atoms with van der Waals surface area (Å²) in [7, 11) is 1.78. The Labute approximate surface area is 173 Å². The van der Waals surface area contributed by atoms with E-state index in [1.807, 2.05) is 26.0 Å². The first-order valence-corrected chi connectivity index (χ1v) is 10.3. The summed E-state index contributed by atoms with van der Waals surface area (Å²) in [6.07, 6.45) is 5.06. The second kappa shape index (κ2) is 9.56. The summed E-state index contributed by atoms with van der Waals surface area (Å²) >= 11 is 0. The summed E-state index contributed by atoms with van der Waals surface area (Å²) in [5, 5.41) is 19.1. The molecule has 2 aromatic rings. The van der Waals surface area contributed by atoms with E-state index >= 15 is 0 Å². The molecule has 5 nitrogen and oxygen atoms in total. The molecular formula is C24H30N2O3. The SMILES string of the molecule is CCCCCCC(CC)(C(=O)O)c1cc(C)c(C(=O)c2ccc(C#N)cc2)n1C. The topological polar surface area (TPSA) is 83.1 Å². The van der Waals surface area contributed by atoms with Crippen molar-refractivity contribution in [3.63, 3.8) is 0 Å². The smallest absolute Gasteiger partial charge is 0.315 e. The Balaban J connectivity index is 2.46. The molecule has 0 saturated heterocycles. The molecule has 29 heavy (non-hydrogen) atoms. The molecule has 1 N–H and O–H groups in total. The van der Waals surface area contributed by atoms with Gasteiger partial charge in [-0.1, -0.05) is 39.5 Å². The standard InChI is InChI=1S/C24H30N2O3/c1-5-7-8-9-14-24(6-2,23(28)29)20-15-17(3)21(26(20)4)22(27)19-12-10-18(16-25)11-13-19/h10-13,15H,5-9,14H2,1-4H3,(H,28,29). The predicted octanol–water partition coefficient (Wildman–Crippen LogP) is 5.14. The highest BCUT2D eigenvalue weighted by molar-refractivity contribution is 6.09. The van der Waals surface area contributed by atoms with Gasteiger partial charge >= 0.3 is 5.97 Å². The Bertz CT molecular complexity index is 919. The van der Waals surface area contributed by atoms with Gasteiger partial charge in [0.25, 0.3) is 0 Å². The minimum Gasteiger partial charge on any atom is -0.481 e. The molecule has 1 aromatic carbocycles. The van der Waals surface area contributed by atoms with Gasteiger partial charge in [-0.2, -0.15) is 5.26 Å². The second-order valence-electron chi connectivity index (χ2n) is 7.69. The van der Waals surface area contributed by atoms with E-state index in [9.17, 15) is 14.7 Å². The fraction of sp³-hybridized carbons (Fsp3) is 0.458. The van der Waals surface area contributed by atoms with Gasteiger partial charge in [0.1, 0.15) is 5.41 Å². The Morgan fingerprint density at radius 1 is 1.14 bits per heavy atom. The summed E-state index contributed by atoms with van der Waals surface area (Å²) in [6.45, 7) is 5.88. The molecule has 0 spiro atoms. The van der Waals surface area contributed by atoms with E-state index in [0.29, 0.717) is 35.4 Å². The van der Waals surface area contributed by atoms with E-state index < -0.39 is 11.4 Å². The van der Waals surface area contributed by atoms with E-state index in [2.05, 4.69) is 6.92 Å². The Hall–Kier alpha value is -2.87. The number of carbonyl (C=O) groups excluding carboxylic acids is 1. The maximum Gasteiger partial charge on any atom is 0.315 e. The van der Waals surface area contributed by atoms with Crippen molar-refractivity contribution < 1.29 is 14.7 Å². The molecule has 0 bridgehead atoms. The van der Waals surface area contributed by atoms with Crippen LogP contribution in [0.1, 0.15) is 85.2 Å². The number of ketones is 1. The highest BCUT2D eigenvalue weighted by Gasteiger charge is 2.41. The molecule has 0 aliphatic carbocycles. The maximum absolute atomic E-state index is 13.1. The van der Waals surface area contributed by atoms with Gasteiger partial charge < -0.3 is 9.67 Å². The molecule has 1 atom stereocenters. The zero-order chi connectivity index (χ0) is 21.6. The lowest BCUT2D eigenvalue weighted by Crippen LogP contribution is -2.37. The van der Waals surface area contributed by atoms with Gasteiger partial charge in [0, 0.05) is 18.3 Å². The molecule has 0 amide bonds. The molecule has 0 aliphatic rings. The molecule has 0 radical (unpaired) electrons. The van der Waals surface area contributed by atoms with Crippen LogP contribution >= 0.6 is 0 Å². The van der Waals surface area contributed by atoms with Crippen LogP contribution in [-0.4, -0.2) is 21.4 Å². The van der Waals surface area contributed by atoms with Gasteiger partial charge in [0.2, 0.25) is 5.78 Å². The van der Waals surface area contributed by atoms with E-state index in [1.165, 1.54) is 0 Å². The van der Waals surface area contributed by atoms with Crippen molar-refractivity contribution in [3.8, 4) is 6.07 Å². The van der Waals surface area contributed by atoms with E-state index in [0.717, 1.165) is 31.2 Å². The number of aromatic nitrogens is 1. The van der Waals surface area contributed by atoms with Crippen molar-refractivity contribution in [1.29, 1.82) is 5.26 Å². The zero-order valence-electron chi connectivity index (χ0n) is 17.8. The third kappa shape index (κ3) is 4.42. The Morgan fingerprint density at radius 2 is 1.79 bits per heavy atom. The lowest BCUT2D eigenvalue weighted by molar-refractivity contribution is -0.144. The van der Waals surface area contributed by atoms with Crippen LogP contribution in [-0.2, 0) is 17.3 Å². The predicted molar refractivity (Wildman–Crippen MR) is 113 cm³/mol. The van der Waals surface area contributed by atoms with Gasteiger partial charge in [-0.15, -0.1) is 0 Å². The van der Waals surface area contributed by atoms with Crippen molar-refractivity contribution in [2.45, 2.75) is 64.7 Å². The number of unbranched alkanes of at least 4 members (excludes halogenated alkanes) is 3. The van der Waals surface area contributed by atoms with Crippen LogP contribution in [0.5, 0.6) is 0 Å². The van der Waals surface area contributed by atoms with E-state index in [1.54, 1.807) is 35.9 Å². The number of nitrogens with zero attached hydrogens (tertiary/aromatic N) is 2. The quantitative estimate of drug-likeness (QED) is 0.447. The van der Waals surface area contributed by atoms with Crippen molar-refractivity contribution in [2.75, 3.05) is 0 Å². The molecule has 1 aromatic heterocycles. The number of nitriles is 1. The molecular weight excluding hydrogens is 364 g/mol. The number of carbonyl (C=O) groups is 2. The van der Waals surface area contributed by atoms with E-state index in [4.69, 9.17) is 5.26 Å². The number of aryl methyl sites for hydroxylation is 1. The van der Waals surface area contributed by atoms with Crippen LogP contribution in [0.15, 0.2) is 30.3 Å². The number of aliphatic carboxylic acids is 1. The second-order valence-corrected chi connectivity index (χ2v) is 7.69. The molecule has 5 heteroatoms. The van der Waals surface area contributed by atoms with Crippen LogP contribution < -0.4 is 0 Å². The van der Waals surface area contributed by atoms with Gasteiger partial charge in [-0.05, 0) is 55.7 Å². The number of benzene rings is 1. The summed E-state index contributed by atoms with van der Waals surface area (Å²) in [5.74, 6) is -1.00. The summed E-state index contributed by atoms with van der Waals surface area (Å²) < 4.78 is 1.76. The lowest BCUT2D eigenvalue weighted by Gasteiger charge is -2.29. The third-order valence-corrected chi connectivity index (χ3v) is 5.88. The van der Waals surface area contributed by atoms with Crippen molar-refractivity contribution in [1.82, 2.24) is 4.57 Å². The van der Waals surface area contributed by atoms with Crippen LogP contribution in [0.4, 0.5) is 0 Å². The average Bonchev–Trinajstić information content (AvgIpc) is 3.02. The minimum absolute atomic E-state index is 0.165. The third-order valence-electron chi connectivity index (χ3n) is 5.88. The molecule has 0 aliphatic heterocycles. The average molecular weight is 395 g/mol. The number of hydrogen-bond donors (Lipinski definition) is 1. The number of rotatable bonds is 10. The monoisotopic (exact) mass is 394 g/mol. The molecule has 0 fully saturated rings. The normalized spacial score (nSPS) is 12.9. The molecule has 1 heterocycles. The minimum atomic E-state index is -1.00. The largest absolute Gasteiger partial charge is 0.481 e. The van der Waals surface area contributed by atoms with Gasteiger partial charge in [-0.25, -0.2) is 0 Å². The van der Waals surface area contributed by atoms with Crippen LogP contribution in [0.25, 0.3) is 0 Å². The molecule has 0 saturated carbocycles. The Kier molecular flexibility index (Phi) is 7.39. The number of carboxylic acid groups (broad SMARTS) is 1. The van der Waals surface area contributed by atoms with Crippen molar-refractivity contribution >= 4 is 11.8 Å². The fourth-order valence-corrected chi connectivity index (χ4v) is 4.09. The molecule has 154 valence electrons. The fourth-order valence-electron chi connectivity index (χ4n) is 4.09. The number of hydrogen-bond acceptors (Lipinski definition) is 3. The first-order chi connectivity index (χ1) is 13.8. The first kappa shape index (κ1) is 22.4. The highest BCUT2D eigenvalue weighted by Crippen LogP contribution is 2.37. The van der Waals surface area contributed by atoms with Crippen LogP contribution in [0.3, 0.4) is 0 Å². The zero-order valence-corrected chi connectivity index (χ0v) is 17.8. The van der Waals surface area contributed by atoms with E-state index in [-0.39, 0.29) is 5.78 Å². The highest BCUT2D eigenvalue weighted by atomic mass is 16.4. The summed E-state index contributed by atoms with van der Waals surface area (Å²) in [4.78, 5) is 25.5. The molecule has 2 rings (SSSR count). The van der Waals surface area contributed by atoms with Gasteiger partial charge in [-0.3, -0.25) is 9.59 Å². The van der Waals surface area contributed by atoms with Gasteiger partial charge in [0.05, 0.1) is 17.3 Å². The van der Waals surface area contributed by atoms with Gasteiger partial charge in [0.15, 0.2) is 0 Å². The van der Waals surface area contributed by atoms with Crippen LogP contribution in [0, 0.1) is 18.3 Å². The summed E-state index contributed by atoms with van der Waals surface area (Å²) in [6, 6.07) is 10.4. The first-order valence-electron chi connectivity index (χ1n) is 10.3. The lowest BCUT2D eigenvalue weighted by atomic mass is 9.77. The van der Waals surface area contributed by atoms with Crippen LogP contribution in [0.2, 0.25) is 0 Å².